The van der Waals surface area contributed by atoms with Crippen LogP contribution >= 0.6 is 23.5 Å². The summed E-state index contributed by atoms with van der Waals surface area (Å²) in [5.41, 5.74) is 0.715. The standard InChI is InChI=1S/C21H22BrO5P/c1-4-21(16-10-12-17(22)13-11-16)18(15-8-6-5-7-9-15)14-19(27-20(21)23)28(24,25-2)26-3/h5-14,18H,4H2,1-3H3/t18-,21+/m1/s1. The van der Waals surface area contributed by atoms with Crippen molar-refractivity contribution in [3.63, 3.8) is 0 Å². The number of halogens is 1. The molecule has 5 nitrogen and oxygen atoms in total. The van der Waals surface area contributed by atoms with Crippen LogP contribution in [0.1, 0.15) is 30.4 Å². The van der Waals surface area contributed by atoms with Crippen molar-refractivity contribution in [3.8, 4) is 0 Å². The largest absolute Gasteiger partial charge is 0.417 e. The highest BCUT2D eigenvalue weighted by atomic mass is 79.9. The number of esters is 1. The predicted molar refractivity (Wildman–Crippen MR) is 111 cm³/mol. The minimum atomic E-state index is -3.71. The minimum absolute atomic E-state index is 0.0717. The summed E-state index contributed by atoms with van der Waals surface area (Å²) in [6.45, 7) is 1.95. The lowest BCUT2D eigenvalue weighted by atomic mass is 9.65. The highest BCUT2D eigenvalue weighted by molar-refractivity contribution is 9.10. The van der Waals surface area contributed by atoms with E-state index >= 15 is 0 Å². The lowest BCUT2D eigenvalue weighted by molar-refractivity contribution is -0.148. The molecule has 0 aromatic heterocycles. The fraction of sp³-hybridized carbons (Fsp3) is 0.286. The Balaban J connectivity index is 2.26. The first-order chi connectivity index (χ1) is 13.4. The maximum absolute atomic E-state index is 13.4. The minimum Gasteiger partial charge on any atom is -0.417 e. The Labute approximate surface area is 173 Å². The van der Waals surface area contributed by atoms with Crippen molar-refractivity contribution in [2.75, 3.05) is 14.2 Å². The van der Waals surface area contributed by atoms with E-state index in [-0.39, 0.29) is 5.50 Å². The average molecular weight is 465 g/mol. The molecule has 1 aliphatic rings. The monoisotopic (exact) mass is 464 g/mol. The third-order valence-electron chi connectivity index (χ3n) is 5.23. The quantitative estimate of drug-likeness (QED) is 0.401. The van der Waals surface area contributed by atoms with Crippen LogP contribution in [-0.2, 0) is 28.6 Å². The molecule has 0 amide bonds. The SMILES string of the molecule is CC[C@@]1(c2ccc(Br)cc2)C(=O)OC(P(=O)(OC)OC)=C[C@@H]1c1ccccc1. The van der Waals surface area contributed by atoms with Gasteiger partial charge in [0.15, 0.2) is 0 Å². The van der Waals surface area contributed by atoms with Crippen molar-refractivity contribution in [3.05, 3.63) is 81.8 Å². The van der Waals surface area contributed by atoms with Crippen LogP contribution in [0.3, 0.4) is 0 Å². The van der Waals surface area contributed by atoms with E-state index in [1.54, 1.807) is 6.08 Å². The van der Waals surface area contributed by atoms with Crippen LogP contribution in [0.25, 0.3) is 0 Å². The van der Waals surface area contributed by atoms with Crippen molar-refractivity contribution >= 4 is 29.5 Å². The van der Waals surface area contributed by atoms with Crippen molar-refractivity contribution in [2.45, 2.75) is 24.7 Å². The number of cyclic esters (lactones) is 1. The highest BCUT2D eigenvalue weighted by Crippen LogP contribution is 2.60. The Bertz CT molecular complexity index is 918. The summed E-state index contributed by atoms with van der Waals surface area (Å²) < 4.78 is 29.5. The van der Waals surface area contributed by atoms with Gasteiger partial charge in [-0.2, -0.15) is 0 Å². The summed E-state index contributed by atoms with van der Waals surface area (Å²) in [7, 11) is -1.17. The van der Waals surface area contributed by atoms with Gasteiger partial charge in [0.2, 0.25) is 5.50 Å². The fourth-order valence-corrected chi connectivity index (χ4v) is 4.99. The van der Waals surface area contributed by atoms with Gasteiger partial charge in [0.1, 0.15) is 5.41 Å². The van der Waals surface area contributed by atoms with E-state index in [4.69, 9.17) is 13.8 Å². The molecule has 0 N–H and O–H groups in total. The Morgan fingerprint density at radius 2 is 1.68 bits per heavy atom. The van der Waals surface area contributed by atoms with Crippen molar-refractivity contribution in [1.29, 1.82) is 0 Å². The second-order valence-electron chi connectivity index (χ2n) is 6.48. The first-order valence-electron chi connectivity index (χ1n) is 8.88. The molecule has 0 radical (unpaired) electrons. The van der Waals surface area contributed by atoms with E-state index in [1.807, 2.05) is 61.5 Å². The van der Waals surface area contributed by atoms with Crippen LogP contribution in [0.15, 0.2) is 70.6 Å². The van der Waals surface area contributed by atoms with Crippen LogP contribution in [-0.4, -0.2) is 20.2 Å². The number of ether oxygens (including phenoxy) is 1. The third-order valence-corrected chi connectivity index (χ3v) is 7.50. The Kier molecular flexibility index (Phi) is 6.25. The number of hydrogen-bond acceptors (Lipinski definition) is 5. The molecule has 0 unspecified atom stereocenters. The predicted octanol–water partition coefficient (Wildman–Crippen LogP) is 5.76. The van der Waals surface area contributed by atoms with Gasteiger partial charge in [-0.1, -0.05) is 65.3 Å². The first kappa shape index (κ1) is 21.0. The van der Waals surface area contributed by atoms with Crippen LogP contribution in [0, 0.1) is 0 Å². The van der Waals surface area contributed by atoms with Gasteiger partial charge in [0.05, 0.1) is 0 Å². The number of carbonyl (C=O) groups is 1. The van der Waals surface area contributed by atoms with Gasteiger partial charge >= 0.3 is 13.6 Å². The molecule has 0 saturated carbocycles. The van der Waals surface area contributed by atoms with E-state index in [2.05, 4.69) is 15.9 Å². The summed E-state index contributed by atoms with van der Waals surface area (Å²) >= 11 is 3.44. The lowest BCUT2D eigenvalue weighted by Crippen LogP contribution is -2.44. The smallest absolute Gasteiger partial charge is 0.395 e. The molecular formula is C21H22BrO5P. The zero-order valence-electron chi connectivity index (χ0n) is 15.9. The fourth-order valence-electron chi connectivity index (χ4n) is 3.69. The Hall–Kier alpha value is -1.72. The Morgan fingerprint density at radius 3 is 2.21 bits per heavy atom. The van der Waals surface area contributed by atoms with Crippen molar-refractivity contribution in [2.24, 2.45) is 0 Å². The normalized spacial score (nSPS) is 22.5. The van der Waals surface area contributed by atoms with Gasteiger partial charge in [-0.3, -0.25) is 9.36 Å². The van der Waals surface area contributed by atoms with Crippen molar-refractivity contribution < 1.29 is 23.1 Å². The molecule has 2 aromatic rings. The molecule has 1 heterocycles. The summed E-state index contributed by atoms with van der Waals surface area (Å²) in [6, 6.07) is 17.3. The van der Waals surface area contributed by atoms with Gasteiger partial charge < -0.3 is 13.8 Å². The number of carbonyl (C=O) groups excluding carboxylic acids is 1. The molecule has 0 spiro atoms. The molecule has 0 bridgehead atoms. The van der Waals surface area contributed by atoms with E-state index in [0.717, 1.165) is 15.6 Å². The molecule has 0 fully saturated rings. The van der Waals surface area contributed by atoms with E-state index < -0.39 is 24.9 Å². The van der Waals surface area contributed by atoms with Gasteiger partial charge in [0.25, 0.3) is 0 Å². The molecule has 1 aliphatic heterocycles. The number of hydrogen-bond donors (Lipinski definition) is 0. The van der Waals surface area contributed by atoms with Gasteiger partial charge in [-0.05, 0) is 35.8 Å². The van der Waals surface area contributed by atoms with Gasteiger partial charge in [-0.15, -0.1) is 0 Å². The van der Waals surface area contributed by atoms with E-state index in [0.29, 0.717) is 6.42 Å². The van der Waals surface area contributed by atoms with Crippen LogP contribution in [0.5, 0.6) is 0 Å². The summed E-state index contributed by atoms with van der Waals surface area (Å²) in [4.78, 5) is 13.4. The maximum atomic E-state index is 13.4. The molecule has 2 aromatic carbocycles. The molecule has 148 valence electrons. The first-order valence-corrected chi connectivity index (χ1v) is 11.2. The second-order valence-corrected chi connectivity index (χ2v) is 9.56. The second kappa shape index (κ2) is 8.34. The van der Waals surface area contributed by atoms with Crippen molar-refractivity contribution in [1.82, 2.24) is 0 Å². The van der Waals surface area contributed by atoms with E-state index in [1.165, 1.54) is 14.2 Å². The maximum Gasteiger partial charge on any atom is 0.395 e. The summed E-state index contributed by atoms with van der Waals surface area (Å²) in [5, 5.41) is 0. The zero-order chi connectivity index (χ0) is 20.4. The van der Waals surface area contributed by atoms with Crippen LogP contribution < -0.4 is 0 Å². The topological polar surface area (TPSA) is 61.8 Å². The molecule has 3 rings (SSSR count). The highest BCUT2D eigenvalue weighted by Gasteiger charge is 2.52. The van der Waals surface area contributed by atoms with Gasteiger partial charge in [0, 0.05) is 24.6 Å². The molecular weight excluding hydrogens is 443 g/mol. The molecule has 2 atom stereocenters. The van der Waals surface area contributed by atoms with E-state index in [9.17, 15) is 9.36 Å². The van der Waals surface area contributed by atoms with Crippen LogP contribution in [0.4, 0.5) is 0 Å². The zero-order valence-corrected chi connectivity index (χ0v) is 18.4. The van der Waals surface area contributed by atoms with Crippen LogP contribution in [0.2, 0.25) is 0 Å². The molecule has 0 saturated heterocycles. The third kappa shape index (κ3) is 3.50. The Morgan fingerprint density at radius 1 is 1.07 bits per heavy atom. The number of benzene rings is 2. The summed E-state index contributed by atoms with van der Waals surface area (Å²) in [6.07, 6.45) is 2.21. The number of allylic oxidation sites excluding steroid dienone is 1. The summed E-state index contributed by atoms with van der Waals surface area (Å²) in [5.74, 6) is -0.868. The molecule has 7 heteroatoms. The van der Waals surface area contributed by atoms with Gasteiger partial charge in [-0.25, -0.2) is 0 Å². The lowest BCUT2D eigenvalue weighted by Gasteiger charge is -2.41. The average Bonchev–Trinajstić information content (AvgIpc) is 2.74. The molecule has 0 aliphatic carbocycles. The molecule has 28 heavy (non-hydrogen) atoms. The number of rotatable bonds is 6.